The van der Waals surface area contributed by atoms with Crippen LogP contribution in [0.2, 0.25) is 0 Å². The molecule has 0 saturated heterocycles. The number of aliphatic hydroxyl groups excluding tert-OH is 1. The number of alkyl halides is 1. The van der Waals surface area contributed by atoms with Crippen LogP contribution >= 0.6 is 23.5 Å². The lowest BCUT2D eigenvalue weighted by Crippen LogP contribution is -2.15. The molecule has 7 heteroatoms. The van der Waals surface area contributed by atoms with Crippen molar-refractivity contribution in [2.45, 2.75) is 50.6 Å². The minimum absolute atomic E-state index is 0.177. The Kier molecular flexibility index (Phi) is 11.9. The van der Waals surface area contributed by atoms with Crippen LogP contribution in [0.5, 0.6) is 0 Å². The van der Waals surface area contributed by atoms with E-state index in [4.69, 9.17) is 13.8 Å². The molecule has 0 spiro atoms. The molecular weight excluding hydrogens is 407 g/mol. The predicted molar refractivity (Wildman–Crippen MR) is 104 cm³/mol. The van der Waals surface area contributed by atoms with Gasteiger partial charge < -0.3 is 18.9 Å². The van der Waals surface area contributed by atoms with E-state index in [1.807, 2.05) is 30.3 Å². The second-order valence-electron chi connectivity index (χ2n) is 5.79. The normalized spacial score (nSPS) is 14.4. The number of hydrogen-bond acceptors (Lipinski definition) is 5. The maximum Gasteiger partial charge on any atom is 0.330 e. The van der Waals surface area contributed by atoms with Crippen molar-refractivity contribution in [2.75, 3.05) is 26.0 Å². The quantitative estimate of drug-likeness (QED) is 0.336. The third-order valence-electron chi connectivity index (χ3n) is 3.61. The van der Waals surface area contributed by atoms with Gasteiger partial charge in [-0.15, -0.1) is 0 Å². The second kappa shape index (κ2) is 13.0. The van der Waals surface area contributed by atoms with Gasteiger partial charge in [0.15, 0.2) is 0 Å². The highest BCUT2D eigenvalue weighted by molar-refractivity contribution is 9.09. The van der Waals surface area contributed by atoms with Crippen molar-refractivity contribution in [1.82, 2.24) is 0 Å². The van der Waals surface area contributed by atoms with Gasteiger partial charge in [-0.2, -0.15) is 0 Å². The number of rotatable bonds is 14. The fourth-order valence-electron chi connectivity index (χ4n) is 2.35. The summed E-state index contributed by atoms with van der Waals surface area (Å²) < 4.78 is 28.5. The van der Waals surface area contributed by atoms with Crippen LogP contribution in [0.1, 0.15) is 38.7 Å². The van der Waals surface area contributed by atoms with Gasteiger partial charge in [-0.1, -0.05) is 46.3 Å². The van der Waals surface area contributed by atoms with E-state index in [1.54, 1.807) is 13.8 Å². The first-order chi connectivity index (χ1) is 12.0. The smallest absolute Gasteiger partial charge is 0.330 e. The van der Waals surface area contributed by atoms with Gasteiger partial charge in [-0.3, -0.25) is 4.57 Å². The zero-order chi connectivity index (χ0) is 18.5. The van der Waals surface area contributed by atoms with Crippen LogP contribution in [-0.2, 0) is 25.0 Å². The van der Waals surface area contributed by atoms with E-state index in [1.165, 1.54) is 0 Å². The van der Waals surface area contributed by atoms with E-state index in [9.17, 15) is 9.67 Å². The third-order valence-corrected chi connectivity index (χ3v) is 6.44. The monoisotopic (exact) mass is 436 g/mol. The van der Waals surface area contributed by atoms with Crippen molar-refractivity contribution in [3.8, 4) is 0 Å². The highest BCUT2D eigenvalue weighted by atomic mass is 79.9. The van der Waals surface area contributed by atoms with Crippen LogP contribution < -0.4 is 0 Å². The molecule has 1 aromatic rings. The van der Waals surface area contributed by atoms with Crippen LogP contribution in [-0.4, -0.2) is 42.0 Å². The Bertz CT molecular complexity index is 489. The molecular formula is C18H30BrO5P. The molecule has 2 unspecified atom stereocenters. The van der Waals surface area contributed by atoms with Gasteiger partial charge in [0.25, 0.3) is 0 Å². The van der Waals surface area contributed by atoms with Crippen LogP contribution in [0.3, 0.4) is 0 Å². The van der Waals surface area contributed by atoms with Crippen molar-refractivity contribution in [3.05, 3.63) is 35.9 Å². The molecule has 1 aromatic carbocycles. The molecule has 0 heterocycles. The Hall–Kier alpha value is -0.230. The Morgan fingerprint density at radius 3 is 2.32 bits per heavy atom. The van der Waals surface area contributed by atoms with E-state index < -0.39 is 13.7 Å². The molecule has 0 radical (unpaired) electrons. The largest absolute Gasteiger partial charge is 0.393 e. The maximum atomic E-state index is 12.3. The molecule has 25 heavy (non-hydrogen) atoms. The fraction of sp³-hybridized carbons (Fsp3) is 0.667. The summed E-state index contributed by atoms with van der Waals surface area (Å²) in [4.78, 5) is 0.177. The molecule has 0 amide bonds. The van der Waals surface area contributed by atoms with E-state index in [0.717, 1.165) is 12.0 Å². The summed E-state index contributed by atoms with van der Waals surface area (Å²) >= 11 is 3.58. The Labute approximate surface area is 159 Å². The Balaban J connectivity index is 2.19. The van der Waals surface area contributed by atoms with Gasteiger partial charge in [0, 0.05) is 4.83 Å². The predicted octanol–water partition coefficient (Wildman–Crippen LogP) is 4.76. The van der Waals surface area contributed by atoms with E-state index in [-0.39, 0.29) is 11.0 Å². The van der Waals surface area contributed by atoms with Crippen molar-refractivity contribution in [3.63, 3.8) is 0 Å². The SMILES string of the molecule is CCOP(=O)(CCC(O)CCC(Br)COCc1ccccc1)OCC. The zero-order valence-electron chi connectivity index (χ0n) is 15.1. The van der Waals surface area contributed by atoms with Crippen LogP contribution in [0.4, 0.5) is 0 Å². The van der Waals surface area contributed by atoms with Gasteiger partial charge in [0.05, 0.1) is 38.7 Å². The highest BCUT2D eigenvalue weighted by Gasteiger charge is 2.24. The molecule has 1 rings (SSSR count). The lowest BCUT2D eigenvalue weighted by atomic mass is 10.1. The molecule has 0 bridgehead atoms. The summed E-state index contributed by atoms with van der Waals surface area (Å²) in [6.45, 7) is 5.42. The molecule has 0 aromatic heterocycles. The van der Waals surface area contributed by atoms with Crippen molar-refractivity contribution in [1.29, 1.82) is 0 Å². The summed E-state index contributed by atoms with van der Waals surface area (Å²) in [5.41, 5.74) is 1.14. The van der Waals surface area contributed by atoms with Gasteiger partial charge in [0.2, 0.25) is 0 Å². The van der Waals surface area contributed by atoms with Crippen molar-refractivity contribution >= 4 is 23.5 Å². The molecule has 1 N–H and O–H groups in total. The average Bonchev–Trinajstić information content (AvgIpc) is 2.60. The molecule has 144 valence electrons. The summed E-state index contributed by atoms with van der Waals surface area (Å²) in [5.74, 6) is 0. The molecule has 0 aliphatic heterocycles. The molecule has 0 saturated carbocycles. The number of benzene rings is 1. The number of hydrogen-bond donors (Lipinski definition) is 1. The Morgan fingerprint density at radius 1 is 1.08 bits per heavy atom. The first-order valence-corrected chi connectivity index (χ1v) is 11.5. The summed E-state index contributed by atoms with van der Waals surface area (Å²) in [7, 11) is -3.07. The average molecular weight is 437 g/mol. The lowest BCUT2D eigenvalue weighted by Gasteiger charge is -2.19. The summed E-state index contributed by atoms with van der Waals surface area (Å²) in [6, 6.07) is 10.0. The fourth-order valence-corrected chi connectivity index (χ4v) is 4.53. The Morgan fingerprint density at radius 2 is 1.72 bits per heavy atom. The van der Waals surface area contributed by atoms with E-state index in [2.05, 4.69) is 15.9 Å². The molecule has 5 nitrogen and oxygen atoms in total. The number of halogens is 1. The first-order valence-electron chi connectivity index (χ1n) is 8.81. The highest BCUT2D eigenvalue weighted by Crippen LogP contribution is 2.48. The summed E-state index contributed by atoms with van der Waals surface area (Å²) in [5, 5.41) is 10.1. The van der Waals surface area contributed by atoms with Crippen molar-refractivity contribution < 1.29 is 23.5 Å². The standard InChI is InChI=1S/C18H30BrO5P/c1-3-23-25(21,24-4-2)13-12-18(20)11-10-17(19)15-22-14-16-8-6-5-7-9-16/h5-9,17-18,20H,3-4,10-15H2,1-2H3. The van der Waals surface area contributed by atoms with Crippen LogP contribution in [0.25, 0.3) is 0 Å². The molecule has 0 aliphatic carbocycles. The topological polar surface area (TPSA) is 65.0 Å². The molecule has 2 atom stereocenters. The first kappa shape index (κ1) is 22.8. The summed E-state index contributed by atoms with van der Waals surface area (Å²) in [6.07, 6.45) is 1.52. The van der Waals surface area contributed by atoms with Gasteiger partial charge in [-0.25, -0.2) is 0 Å². The van der Waals surface area contributed by atoms with Gasteiger partial charge in [-0.05, 0) is 38.7 Å². The van der Waals surface area contributed by atoms with Gasteiger partial charge >= 0.3 is 7.60 Å². The maximum absolute atomic E-state index is 12.3. The number of ether oxygens (including phenoxy) is 1. The molecule has 0 aliphatic rings. The van der Waals surface area contributed by atoms with Crippen LogP contribution in [0, 0.1) is 0 Å². The number of aliphatic hydroxyl groups is 1. The minimum Gasteiger partial charge on any atom is -0.393 e. The minimum atomic E-state index is -3.07. The van der Waals surface area contributed by atoms with E-state index in [0.29, 0.717) is 39.3 Å². The van der Waals surface area contributed by atoms with E-state index >= 15 is 0 Å². The third kappa shape index (κ3) is 10.5. The second-order valence-corrected chi connectivity index (χ2v) is 9.27. The lowest BCUT2D eigenvalue weighted by molar-refractivity contribution is 0.113. The zero-order valence-corrected chi connectivity index (χ0v) is 17.6. The molecule has 0 fully saturated rings. The van der Waals surface area contributed by atoms with Gasteiger partial charge in [0.1, 0.15) is 0 Å². The van der Waals surface area contributed by atoms with Crippen LogP contribution in [0.15, 0.2) is 30.3 Å². The van der Waals surface area contributed by atoms with Crippen molar-refractivity contribution in [2.24, 2.45) is 0 Å².